The van der Waals surface area contributed by atoms with Crippen molar-refractivity contribution in [2.75, 3.05) is 13.6 Å². The number of amides is 2. The highest BCUT2D eigenvalue weighted by molar-refractivity contribution is 6.00. The fourth-order valence-electron chi connectivity index (χ4n) is 1.54. The average Bonchev–Trinajstić information content (AvgIpc) is 2.24. The largest absolute Gasteiger partial charge is 0.305 e. The van der Waals surface area contributed by atoms with Gasteiger partial charge < -0.3 is 5.32 Å². The molecular weight excluding hydrogens is 192 g/mol. The second-order valence-corrected chi connectivity index (χ2v) is 3.51. The van der Waals surface area contributed by atoms with E-state index in [-0.39, 0.29) is 17.9 Å². The molecule has 0 aromatic heterocycles. The molecule has 0 aliphatic carbocycles. The van der Waals surface area contributed by atoms with E-state index in [0.29, 0.717) is 19.4 Å². The van der Waals surface area contributed by atoms with E-state index in [1.807, 2.05) is 0 Å². The molecule has 0 bridgehead atoms. The van der Waals surface area contributed by atoms with Crippen LogP contribution in [0.1, 0.15) is 26.2 Å². The van der Waals surface area contributed by atoms with Crippen LogP contribution in [0.25, 0.3) is 0 Å². The number of nitrogens with zero attached hydrogens (tertiary/aromatic N) is 1. The van der Waals surface area contributed by atoms with E-state index in [1.165, 1.54) is 11.9 Å². The second-order valence-electron chi connectivity index (χ2n) is 3.51. The minimum absolute atomic E-state index is 0.0913. The molecule has 2 amide bonds. The maximum Gasteiger partial charge on any atom is 0.246 e. The first kappa shape index (κ1) is 11.7. The van der Waals surface area contributed by atoms with Crippen molar-refractivity contribution in [3.05, 3.63) is 0 Å². The van der Waals surface area contributed by atoms with Gasteiger partial charge in [0, 0.05) is 26.4 Å². The molecule has 0 saturated carbocycles. The van der Waals surface area contributed by atoms with Gasteiger partial charge in [-0.3, -0.25) is 14.5 Å². The molecule has 1 unspecified atom stereocenters. The Morgan fingerprint density at radius 1 is 1.53 bits per heavy atom. The summed E-state index contributed by atoms with van der Waals surface area (Å²) in [5.41, 5.74) is 0. The first-order chi connectivity index (χ1) is 7.16. The Bertz CT molecular complexity index is 314. The Hall–Kier alpha value is -1.34. The van der Waals surface area contributed by atoms with E-state index in [9.17, 15) is 9.59 Å². The standard InChI is InChI=1S/C11H16N2O2/c1-3-4-5-8-12-9-6-7-10(14)13(2)11(9)15/h9,12H,5-8H2,1-2H3. The second kappa shape index (κ2) is 5.52. The van der Waals surface area contributed by atoms with Crippen LogP contribution in [-0.4, -0.2) is 36.3 Å². The first-order valence-electron chi connectivity index (χ1n) is 5.10. The van der Waals surface area contributed by atoms with E-state index in [2.05, 4.69) is 17.2 Å². The smallest absolute Gasteiger partial charge is 0.246 e. The van der Waals surface area contributed by atoms with E-state index in [4.69, 9.17) is 0 Å². The Labute approximate surface area is 90.0 Å². The molecule has 0 spiro atoms. The molecule has 0 radical (unpaired) electrons. The minimum atomic E-state index is -0.216. The van der Waals surface area contributed by atoms with Crippen molar-refractivity contribution < 1.29 is 9.59 Å². The third-order valence-electron chi connectivity index (χ3n) is 2.47. The molecule has 1 atom stereocenters. The van der Waals surface area contributed by atoms with Gasteiger partial charge >= 0.3 is 0 Å². The molecule has 1 N–H and O–H groups in total. The zero-order valence-corrected chi connectivity index (χ0v) is 9.17. The van der Waals surface area contributed by atoms with E-state index >= 15 is 0 Å². The summed E-state index contributed by atoms with van der Waals surface area (Å²) >= 11 is 0. The van der Waals surface area contributed by atoms with Gasteiger partial charge in [-0.1, -0.05) is 0 Å². The lowest BCUT2D eigenvalue weighted by Gasteiger charge is -2.28. The summed E-state index contributed by atoms with van der Waals surface area (Å²) in [6.45, 7) is 2.48. The maximum atomic E-state index is 11.6. The molecule has 82 valence electrons. The van der Waals surface area contributed by atoms with Crippen LogP contribution in [0.3, 0.4) is 0 Å². The van der Waals surface area contributed by atoms with Crippen LogP contribution < -0.4 is 5.32 Å². The average molecular weight is 208 g/mol. The number of likely N-dealkylation sites (tertiary alicyclic amines) is 1. The number of imide groups is 1. The summed E-state index contributed by atoms with van der Waals surface area (Å²) in [6, 6.07) is -0.216. The van der Waals surface area contributed by atoms with Crippen LogP contribution in [0.5, 0.6) is 0 Å². The summed E-state index contributed by atoms with van der Waals surface area (Å²) in [7, 11) is 1.53. The molecule has 15 heavy (non-hydrogen) atoms. The molecule has 1 heterocycles. The number of piperidine rings is 1. The Kier molecular flexibility index (Phi) is 4.32. The number of carbonyl (C=O) groups is 2. The fourth-order valence-corrected chi connectivity index (χ4v) is 1.54. The van der Waals surface area contributed by atoms with Gasteiger partial charge in [0.25, 0.3) is 0 Å². The lowest BCUT2D eigenvalue weighted by molar-refractivity contribution is -0.148. The third kappa shape index (κ3) is 3.07. The van der Waals surface area contributed by atoms with Crippen molar-refractivity contribution in [3.8, 4) is 11.8 Å². The lowest BCUT2D eigenvalue weighted by Crippen LogP contribution is -2.51. The normalized spacial score (nSPS) is 21.2. The number of rotatable bonds is 3. The number of nitrogens with one attached hydrogen (secondary N) is 1. The molecule has 4 heteroatoms. The maximum absolute atomic E-state index is 11.6. The zero-order chi connectivity index (χ0) is 11.3. The Morgan fingerprint density at radius 2 is 2.27 bits per heavy atom. The Balaban J connectivity index is 2.38. The number of likely N-dealkylation sites (N-methyl/N-ethyl adjacent to an activating group) is 1. The summed E-state index contributed by atoms with van der Waals surface area (Å²) in [5, 5.41) is 3.11. The highest BCUT2D eigenvalue weighted by Crippen LogP contribution is 2.10. The molecular formula is C11H16N2O2. The van der Waals surface area contributed by atoms with Gasteiger partial charge in [0.15, 0.2) is 0 Å². The van der Waals surface area contributed by atoms with Gasteiger partial charge in [-0.2, -0.15) is 0 Å². The van der Waals surface area contributed by atoms with Gasteiger partial charge in [-0.15, -0.1) is 11.8 Å². The van der Waals surface area contributed by atoms with E-state index < -0.39 is 0 Å². The van der Waals surface area contributed by atoms with Crippen molar-refractivity contribution in [3.63, 3.8) is 0 Å². The topological polar surface area (TPSA) is 49.4 Å². The van der Waals surface area contributed by atoms with Gasteiger partial charge in [-0.05, 0) is 13.3 Å². The molecule has 1 aliphatic rings. The predicted octanol–water partition coefficient (Wildman–Crippen LogP) is 0.137. The lowest BCUT2D eigenvalue weighted by atomic mass is 10.0. The Morgan fingerprint density at radius 3 is 2.93 bits per heavy atom. The highest BCUT2D eigenvalue weighted by atomic mass is 16.2. The van der Waals surface area contributed by atoms with Crippen molar-refractivity contribution in [2.24, 2.45) is 0 Å². The highest BCUT2D eigenvalue weighted by Gasteiger charge is 2.30. The minimum Gasteiger partial charge on any atom is -0.305 e. The summed E-state index contributed by atoms with van der Waals surface area (Å²) in [5.74, 6) is 5.49. The number of hydrogen-bond donors (Lipinski definition) is 1. The van der Waals surface area contributed by atoms with E-state index in [1.54, 1.807) is 6.92 Å². The van der Waals surface area contributed by atoms with Crippen LogP contribution in [0.2, 0.25) is 0 Å². The summed E-state index contributed by atoms with van der Waals surface area (Å²) < 4.78 is 0. The van der Waals surface area contributed by atoms with Crippen LogP contribution in [0, 0.1) is 11.8 Å². The van der Waals surface area contributed by atoms with Crippen LogP contribution in [0.15, 0.2) is 0 Å². The quantitative estimate of drug-likeness (QED) is 0.407. The summed E-state index contributed by atoms with van der Waals surface area (Å²) in [4.78, 5) is 24.0. The first-order valence-corrected chi connectivity index (χ1v) is 5.10. The van der Waals surface area contributed by atoms with Crippen LogP contribution in [-0.2, 0) is 9.59 Å². The van der Waals surface area contributed by atoms with Crippen molar-refractivity contribution in [1.82, 2.24) is 10.2 Å². The van der Waals surface area contributed by atoms with Crippen molar-refractivity contribution in [1.29, 1.82) is 0 Å². The van der Waals surface area contributed by atoms with Crippen molar-refractivity contribution >= 4 is 11.8 Å². The van der Waals surface area contributed by atoms with Gasteiger partial charge in [0.1, 0.15) is 0 Å². The third-order valence-corrected chi connectivity index (χ3v) is 2.47. The number of carbonyl (C=O) groups excluding carboxylic acids is 2. The monoisotopic (exact) mass is 208 g/mol. The van der Waals surface area contributed by atoms with Crippen molar-refractivity contribution in [2.45, 2.75) is 32.2 Å². The van der Waals surface area contributed by atoms with Gasteiger partial charge in [0.2, 0.25) is 11.8 Å². The number of hydrogen-bond acceptors (Lipinski definition) is 3. The summed E-state index contributed by atoms with van der Waals surface area (Å²) in [6.07, 6.45) is 1.78. The molecule has 1 rings (SSSR count). The van der Waals surface area contributed by atoms with E-state index in [0.717, 1.165) is 6.42 Å². The fraction of sp³-hybridized carbons (Fsp3) is 0.636. The van der Waals surface area contributed by atoms with Crippen LogP contribution >= 0.6 is 0 Å². The molecule has 1 saturated heterocycles. The molecule has 4 nitrogen and oxygen atoms in total. The molecule has 0 aromatic rings. The molecule has 1 fully saturated rings. The zero-order valence-electron chi connectivity index (χ0n) is 9.17. The SMILES string of the molecule is CC#CCCNC1CCC(=O)N(C)C1=O. The van der Waals surface area contributed by atoms with Crippen LogP contribution in [0.4, 0.5) is 0 Å². The van der Waals surface area contributed by atoms with Gasteiger partial charge in [0.05, 0.1) is 6.04 Å². The predicted molar refractivity (Wildman–Crippen MR) is 56.9 cm³/mol. The molecule has 1 aliphatic heterocycles. The molecule has 0 aromatic carbocycles. The van der Waals surface area contributed by atoms with Gasteiger partial charge in [-0.25, -0.2) is 0 Å².